The molecule has 1 aromatic heterocycles. The number of anilines is 1. The van der Waals surface area contributed by atoms with Gasteiger partial charge in [-0.25, -0.2) is 20.2 Å². The molecule has 0 aliphatic carbocycles. The summed E-state index contributed by atoms with van der Waals surface area (Å²) in [6, 6.07) is 11.2. The van der Waals surface area contributed by atoms with Crippen LogP contribution in [0.1, 0.15) is 25.5 Å². The maximum Gasteiger partial charge on any atom is 0.333 e. The molecule has 3 N–H and O–H groups in total. The van der Waals surface area contributed by atoms with Gasteiger partial charge in [0.2, 0.25) is 5.95 Å². The molecule has 0 saturated heterocycles. The monoisotopic (exact) mass is 285 g/mol. The quantitative estimate of drug-likeness (QED) is 0.737. The number of benzene rings is 1. The lowest BCUT2D eigenvalue weighted by Crippen LogP contribution is -2.42. The largest absolute Gasteiger partial charge is 0.333 e. The Morgan fingerprint density at radius 1 is 1.05 bits per heavy atom. The predicted molar refractivity (Wildman–Crippen MR) is 81.3 cm³/mol. The van der Waals surface area contributed by atoms with Gasteiger partial charge in [0.1, 0.15) is 0 Å². The van der Waals surface area contributed by atoms with E-state index in [0.717, 1.165) is 5.56 Å². The van der Waals surface area contributed by atoms with E-state index in [1.54, 1.807) is 18.5 Å². The van der Waals surface area contributed by atoms with Crippen molar-refractivity contribution in [1.82, 2.24) is 20.7 Å². The average Bonchev–Trinajstić information content (AvgIpc) is 2.52. The minimum Gasteiger partial charge on any atom is -0.330 e. The summed E-state index contributed by atoms with van der Waals surface area (Å²) >= 11 is 0. The zero-order valence-corrected chi connectivity index (χ0v) is 12.1. The highest BCUT2D eigenvalue weighted by molar-refractivity contribution is 5.75. The van der Waals surface area contributed by atoms with Crippen molar-refractivity contribution >= 4 is 12.0 Å². The van der Waals surface area contributed by atoms with E-state index in [9.17, 15) is 4.79 Å². The van der Waals surface area contributed by atoms with Gasteiger partial charge >= 0.3 is 6.03 Å². The Kier molecular flexibility index (Phi) is 5.09. The van der Waals surface area contributed by atoms with Crippen LogP contribution in [0.2, 0.25) is 0 Å². The molecule has 21 heavy (non-hydrogen) atoms. The van der Waals surface area contributed by atoms with E-state index in [4.69, 9.17) is 0 Å². The third kappa shape index (κ3) is 4.45. The average molecular weight is 285 g/mol. The zero-order valence-electron chi connectivity index (χ0n) is 12.1. The van der Waals surface area contributed by atoms with E-state index < -0.39 is 0 Å². The number of aromatic nitrogens is 2. The lowest BCUT2D eigenvalue weighted by atomic mass is 9.96. The predicted octanol–water partition coefficient (Wildman–Crippen LogP) is 2.50. The van der Waals surface area contributed by atoms with Crippen molar-refractivity contribution in [2.24, 2.45) is 5.92 Å². The molecular weight excluding hydrogens is 266 g/mol. The molecule has 0 bridgehead atoms. The summed E-state index contributed by atoms with van der Waals surface area (Å²) in [5, 5.41) is 2.93. The smallest absolute Gasteiger partial charge is 0.330 e. The first-order chi connectivity index (χ1) is 10.2. The van der Waals surface area contributed by atoms with Gasteiger partial charge < -0.3 is 5.32 Å². The number of rotatable bonds is 5. The lowest BCUT2D eigenvalue weighted by Gasteiger charge is -2.23. The first kappa shape index (κ1) is 14.8. The van der Waals surface area contributed by atoms with Crippen molar-refractivity contribution in [3.05, 3.63) is 54.4 Å². The molecular formula is C15H19N5O. The van der Waals surface area contributed by atoms with Crippen molar-refractivity contribution in [3.63, 3.8) is 0 Å². The Labute approximate surface area is 124 Å². The van der Waals surface area contributed by atoms with Crippen molar-refractivity contribution in [1.29, 1.82) is 0 Å². The molecule has 2 rings (SSSR count). The van der Waals surface area contributed by atoms with Crippen LogP contribution in [0.3, 0.4) is 0 Å². The first-order valence-electron chi connectivity index (χ1n) is 6.81. The molecule has 2 amide bonds. The van der Waals surface area contributed by atoms with Gasteiger partial charge in [-0.15, -0.1) is 0 Å². The molecule has 6 heteroatoms. The maximum absolute atomic E-state index is 12.0. The van der Waals surface area contributed by atoms with Gasteiger partial charge in [-0.05, 0) is 17.5 Å². The SMILES string of the molecule is CC(C)C(NC(=O)NNc1ncccn1)c1ccccc1. The summed E-state index contributed by atoms with van der Waals surface area (Å²) in [7, 11) is 0. The molecule has 6 nitrogen and oxygen atoms in total. The van der Waals surface area contributed by atoms with E-state index in [-0.39, 0.29) is 18.0 Å². The van der Waals surface area contributed by atoms with Gasteiger partial charge in [-0.1, -0.05) is 44.2 Å². The van der Waals surface area contributed by atoms with Crippen LogP contribution in [-0.4, -0.2) is 16.0 Å². The fourth-order valence-corrected chi connectivity index (χ4v) is 1.95. The van der Waals surface area contributed by atoms with Crippen molar-refractivity contribution < 1.29 is 4.79 Å². The molecule has 2 aromatic rings. The highest BCUT2D eigenvalue weighted by Crippen LogP contribution is 2.20. The summed E-state index contributed by atoms with van der Waals surface area (Å²) in [5.41, 5.74) is 6.25. The molecule has 0 aliphatic heterocycles. The van der Waals surface area contributed by atoms with E-state index in [2.05, 4.69) is 40.0 Å². The van der Waals surface area contributed by atoms with Crippen LogP contribution in [-0.2, 0) is 0 Å². The fourth-order valence-electron chi connectivity index (χ4n) is 1.95. The third-order valence-electron chi connectivity index (χ3n) is 2.97. The van der Waals surface area contributed by atoms with Gasteiger partial charge in [0.05, 0.1) is 6.04 Å². The summed E-state index contributed by atoms with van der Waals surface area (Å²) in [4.78, 5) is 19.9. The molecule has 1 heterocycles. The van der Waals surface area contributed by atoms with Crippen LogP contribution in [0.15, 0.2) is 48.8 Å². The molecule has 0 radical (unpaired) electrons. The summed E-state index contributed by atoms with van der Waals surface area (Å²) < 4.78 is 0. The second kappa shape index (κ2) is 7.23. The van der Waals surface area contributed by atoms with E-state index >= 15 is 0 Å². The van der Waals surface area contributed by atoms with Crippen LogP contribution < -0.4 is 16.2 Å². The molecule has 110 valence electrons. The van der Waals surface area contributed by atoms with Gasteiger partial charge in [0.25, 0.3) is 0 Å². The van der Waals surface area contributed by atoms with E-state index in [1.807, 2.05) is 30.3 Å². The minimum atomic E-state index is -0.329. The Bertz CT molecular complexity index is 559. The number of nitrogens with zero attached hydrogens (tertiary/aromatic N) is 2. The summed E-state index contributed by atoms with van der Waals surface area (Å²) in [6.07, 6.45) is 3.19. The normalized spacial score (nSPS) is 11.8. The third-order valence-corrected chi connectivity index (χ3v) is 2.97. The molecule has 1 atom stereocenters. The fraction of sp³-hybridized carbons (Fsp3) is 0.267. The number of hydrogen-bond acceptors (Lipinski definition) is 4. The van der Waals surface area contributed by atoms with Crippen LogP contribution in [0.5, 0.6) is 0 Å². The minimum absolute atomic E-state index is 0.0651. The van der Waals surface area contributed by atoms with E-state index in [1.165, 1.54) is 0 Å². The number of amides is 2. The molecule has 0 aliphatic rings. The molecule has 0 spiro atoms. The Morgan fingerprint density at radius 2 is 1.71 bits per heavy atom. The number of carbonyl (C=O) groups excluding carboxylic acids is 1. The second-order valence-electron chi connectivity index (χ2n) is 4.93. The standard InChI is InChI=1S/C15H19N5O/c1-11(2)13(12-7-4-3-5-8-12)18-15(21)20-19-14-16-9-6-10-17-14/h3-11,13H,1-2H3,(H,16,17,19)(H2,18,20,21). The number of hydrazine groups is 1. The highest BCUT2D eigenvalue weighted by Gasteiger charge is 2.17. The van der Waals surface area contributed by atoms with E-state index in [0.29, 0.717) is 5.95 Å². The van der Waals surface area contributed by atoms with Gasteiger partial charge in [0.15, 0.2) is 0 Å². The van der Waals surface area contributed by atoms with Crippen LogP contribution in [0, 0.1) is 5.92 Å². The first-order valence-corrected chi connectivity index (χ1v) is 6.81. The molecule has 0 saturated carbocycles. The maximum atomic E-state index is 12.0. The van der Waals surface area contributed by atoms with Gasteiger partial charge in [0, 0.05) is 12.4 Å². The second-order valence-corrected chi connectivity index (χ2v) is 4.93. The summed E-state index contributed by atoms with van der Waals surface area (Å²) in [5.74, 6) is 0.611. The molecule has 1 aromatic carbocycles. The Hall–Kier alpha value is -2.63. The van der Waals surface area contributed by atoms with Crippen molar-refractivity contribution in [2.45, 2.75) is 19.9 Å². The van der Waals surface area contributed by atoms with Crippen LogP contribution in [0.4, 0.5) is 10.7 Å². The topological polar surface area (TPSA) is 78.9 Å². The Morgan fingerprint density at radius 3 is 2.33 bits per heavy atom. The van der Waals surface area contributed by atoms with Gasteiger partial charge in [-0.2, -0.15) is 0 Å². The number of urea groups is 1. The van der Waals surface area contributed by atoms with Crippen LogP contribution in [0.25, 0.3) is 0 Å². The highest BCUT2D eigenvalue weighted by atomic mass is 16.2. The number of nitrogens with one attached hydrogen (secondary N) is 3. The molecule has 1 unspecified atom stereocenters. The zero-order chi connectivity index (χ0) is 15.1. The molecule has 0 fully saturated rings. The van der Waals surface area contributed by atoms with Crippen molar-refractivity contribution in [2.75, 3.05) is 5.43 Å². The lowest BCUT2D eigenvalue weighted by molar-refractivity contribution is 0.235. The van der Waals surface area contributed by atoms with Gasteiger partial charge in [-0.3, -0.25) is 5.43 Å². The number of carbonyl (C=O) groups is 1. The summed E-state index contributed by atoms with van der Waals surface area (Å²) in [6.45, 7) is 4.12. The van der Waals surface area contributed by atoms with Crippen molar-refractivity contribution in [3.8, 4) is 0 Å². The number of hydrogen-bond donors (Lipinski definition) is 3. The Balaban J connectivity index is 1.93. The van der Waals surface area contributed by atoms with Crippen LogP contribution >= 0.6 is 0 Å².